The lowest BCUT2D eigenvalue weighted by Gasteiger charge is -2.32. The van der Waals surface area contributed by atoms with Crippen molar-refractivity contribution in [1.82, 2.24) is 25.1 Å². The fourth-order valence-electron chi connectivity index (χ4n) is 4.39. The molecule has 3 heterocycles. The van der Waals surface area contributed by atoms with E-state index >= 15 is 0 Å². The third kappa shape index (κ3) is 6.07. The molecule has 1 aliphatic heterocycles. The summed E-state index contributed by atoms with van der Waals surface area (Å²) in [5, 5.41) is 3.70. The molecule has 4 aromatic rings. The fourth-order valence-corrected chi connectivity index (χ4v) is 5.38. The summed E-state index contributed by atoms with van der Waals surface area (Å²) in [4.78, 5) is 25.7. The van der Waals surface area contributed by atoms with E-state index in [2.05, 4.69) is 51.4 Å². The Morgan fingerprint density at radius 1 is 1.00 bits per heavy atom. The van der Waals surface area contributed by atoms with Crippen LogP contribution in [0.15, 0.2) is 60.8 Å². The molecule has 2 aromatic carbocycles. The molecule has 8 heteroatoms. The van der Waals surface area contributed by atoms with Gasteiger partial charge in [-0.1, -0.05) is 24.3 Å². The maximum absolute atomic E-state index is 11.8. The number of piperazine rings is 1. The van der Waals surface area contributed by atoms with Crippen LogP contribution in [-0.4, -0.2) is 65.9 Å². The summed E-state index contributed by atoms with van der Waals surface area (Å²) in [6, 6.07) is 18.3. The summed E-state index contributed by atoms with van der Waals surface area (Å²) >= 11 is 1.71. The van der Waals surface area contributed by atoms with Crippen molar-refractivity contribution < 1.29 is 9.53 Å². The number of benzene rings is 2. The number of fused-ring (bicyclic) bond motifs is 1. The van der Waals surface area contributed by atoms with Gasteiger partial charge in [0.25, 0.3) is 5.91 Å². The molecule has 0 spiro atoms. The number of amides is 1. The van der Waals surface area contributed by atoms with Gasteiger partial charge < -0.3 is 15.0 Å². The Morgan fingerprint density at radius 3 is 2.64 bits per heavy atom. The van der Waals surface area contributed by atoms with Crippen LogP contribution in [0.3, 0.4) is 0 Å². The highest BCUT2D eigenvalue weighted by Crippen LogP contribution is 2.30. The smallest absolute Gasteiger partial charge is 0.269 e. The average Bonchev–Trinajstić information content (AvgIpc) is 3.31. The number of thiazole rings is 1. The Morgan fingerprint density at radius 2 is 1.81 bits per heavy atom. The third-order valence-electron chi connectivity index (χ3n) is 6.45. The third-order valence-corrected chi connectivity index (χ3v) is 7.53. The highest BCUT2D eigenvalue weighted by atomic mass is 32.1. The van der Waals surface area contributed by atoms with Crippen LogP contribution in [0.5, 0.6) is 11.5 Å². The minimum absolute atomic E-state index is 0.243. The van der Waals surface area contributed by atoms with Gasteiger partial charge in [0.1, 0.15) is 17.2 Å². The summed E-state index contributed by atoms with van der Waals surface area (Å²) in [6.07, 6.45) is 3.45. The molecule has 36 heavy (non-hydrogen) atoms. The molecule has 7 nitrogen and oxygen atoms in total. The lowest BCUT2D eigenvalue weighted by atomic mass is 10.1. The van der Waals surface area contributed by atoms with Crippen LogP contribution in [0.1, 0.15) is 26.6 Å². The summed E-state index contributed by atoms with van der Waals surface area (Å²) in [5.74, 6) is 1.04. The maximum Gasteiger partial charge on any atom is 0.269 e. The zero-order valence-electron chi connectivity index (χ0n) is 20.7. The summed E-state index contributed by atoms with van der Waals surface area (Å²) in [7, 11) is 3.77. The molecule has 5 rings (SSSR count). The predicted molar refractivity (Wildman–Crippen MR) is 144 cm³/mol. The summed E-state index contributed by atoms with van der Waals surface area (Å²) in [5.41, 5.74) is 4.05. The molecule has 2 aromatic heterocycles. The number of ether oxygens (including phenoxy) is 1. The van der Waals surface area contributed by atoms with Crippen molar-refractivity contribution in [3.8, 4) is 11.5 Å². The van der Waals surface area contributed by atoms with Crippen LogP contribution < -0.4 is 10.1 Å². The minimum atomic E-state index is -0.243. The molecule has 1 aliphatic rings. The normalized spacial score (nSPS) is 14.7. The van der Waals surface area contributed by atoms with E-state index in [9.17, 15) is 4.79 Å². The van der Waals surface area contributed by atoms with Gasteiger partial charge in [-0.15, -0.1) is 11.3 Å². The second-order valence-corrected chi connectivity index (χ2v) is 10.3. The lowest BCUT2D eigenvalue weighted by molar-refractivity contribution is 0.0958. The highest BCUT2D eigenvalue weighted by Gasteiger charge is 2.14. The van der Waals surface area contributed by atoms with E-state index in [1.165, 1.54) is 11.1 Å². The first-order valence-electron chi connectivity index (χ1n) is 12.3. The van der Waals surface area contributed by atoms with Gasteiger partial charge in [0.15, 0.2) is 0 Å². The van der Waals surface area contributed by atoms with Crippen LogP contribution in [0.2, 0.25) is 0 Å². The number of nitrogens with zero attached hydrogens (tertiary/aromatic N) is 4. The first kappa shape index (κ1) is 24.4. The number of nitrogens with one attached hydrogen (secondary N) is 1. The molecule has 1 amide bonds. The minimum Gasteiger partial charge on any atom is -0.457 e. The monoisotopic (exact) mass is 501 g/mol. The molecule has 0 unspecified atom stereocenters. The maximum atomic E-state index is 11.8. The summed E-state index contributed by atoms with van der Waals surface area (Å²) in [6.45, 7) is 5.57. The average molecular weight is 502 g/mol. The van der Waals surface area contributed by atoms with Crippen molar-refractivity contribution in [1.29, 1.82) is 0 Å². The van der Waals surface area contributed by atoms with Crippen LogP contribution >= 0.6 is 11.3 Å². The van der Waals surface area contributed by atoms with E-state index in [1.54, 1.807) is 36.7 Å². The fraction of sp³-hybridized carbons (Fsp3) is 0.321. The Bertz CT molecular complexity index is 1350. The Balaban J connectivity index is 1.21. The van der Waals surface area contributed by atoms with Crippen LogP contribution in [0.25, 0.3) is 10.2 Å². The van der Waals surface area contributed by atoms with Crippen molar-refractivity contribution in [2.75, 3.05) is 40.3 Å². The van der Waals surface area contributed by atoms with Gasteiger partial charge in [-0.2, -0.15) is 0 Å². The number of likely N-dealkylation sites (N-methyl/N-ethyl adjacent to an activating group) is 1. The van der Waals surface area contributed by atoms with Crippen molar-refractivity contribution >= 4 is 27.5 Å². The number of hydrogen-bond donors (Lipinski definition) is 1. The molecular formula is C28H31N5O2S. The molecule has 0 radical (unpaired) electrons. The molecule has 1 fully saturated rings. The Kier molecular flexibility index (Phi) is 7.55. The van der Waals surface area contributed by atoms with Gasteiger partial charge in [0.2, 0.25) is 0 Å². The van der Waals surface area contributed by atoms with Crippen LogP contribution in [0, 0.1) is 0 Å². The van der Waals surface area contributed by atoms with Crippen molar-refractivity contribution in [2.45, 2.75) is 19.4 Å². The van der Waals surface area contributed by atoms with Crippen LogP contribution in [0.4, 0.5) is 0 Å². The molecule has 0 saturated carbocycles. The molecule has 0 atom stereocenters. The number of aryl methyl sites for hydroxylation is 2. The standard InChI is InChI=1S/C28H31N5O2S/c1-29-28(34)25-17-23(10-11-30-25)35-22-7-8-24-26(18-22)36-27(31-24)9-6-20-4-3-5-21(16-20)19-33-14-12-32(2)13-15-33/h3-5,7-8,10-11,16-18H,6,9,12-15,19H2,1-2H3,(H,29,34). The van der Waals surface area contributed by atoms with E-state index in [4.69, 9.17) is 9.72 Å². The SMILES string of the molecule is CNC(=O)c1cc(Oc2ccc3nc(CCc4cccc(CN5CCN(C)CC5)c4)sc3c2)ccn1. The van der Waals surface area contributed by atoms with E-state index < -0.39 is 0 Å². The summed E-state index contributed by atoms with van der Waals surface area (Å²) < 4.78 is 7.08. The largest absolute Gasteiger partial charge is 0.457 e. The number of hydrogen-bond acceptors (Lipinski definition) is 7. The lowest BCUT2D eigenvalue weighted by Crippen LogP contribution is -2.43. The van der Waals surface area contributed by atoms with Crippen molar-refractivity contribution in [2.24, 2.45) is 0 Å². The van der Waals surface area contributed by atoms with Gasteiger partial charge in [-0.3, -0.25) is 14.7 Å². The topological polar surface area (TPSA) is 70.6 Å². The van der Waals surface area contributed by atoms with Gasteiger partial charge in [-0.05, 0) is 42.8 Å². The molecular weight excluding hydrogens is 470 g/mol. The van der Waals surface area contributed by atoms with Gasteiger partial charge in [0, 0.05) is 64.5 Å². The molecule has 1 N–H and O–H groups in total. The van der Waals surface area contributed by atoms with E-state index in [0.29, 0.717) is 17.2 Å². The molecule has 0 bridgehead atoms. The molecule has 0 aliphatic carbocycles. The second-order valence-electron chi connectivity index (χ2n) is 9.19. The van der Waals surface area contributed by atoms with Crippen molar-refractivity contribution in [3.63, 3.8) is 0 Å². The van der Waals surface area contributed by atoms with Gasteiger partial charge in [0.05, 0.1) is 15.2 Å². The van der Waals surface area contributed by atoms with E-state index in [-0.39, 0.29) is 5.91 Å². The number of pyridine rings is 1. The quantitative estimate of drug-likeness (QED) is 0.387. The molecule has 1 saturated heterocycles. The second kappa shape index (κ2) is 11.2. The number of rotatable bonds is 8. The number of carbonyl (C=O) groups excluding carboxylic acids is 1. The predicted octanol–water partition coefficient (Wildman–Crippen LogP) is 4.38. The number of carbonyl (C=O) groups is 1. The zero-order valence-corrected chi connectivity index (χ0v) is 21.6. The molecule has 186 valence electrons. The van der Waals surface area contributed by atoms with E-state index in [0.717, 1.165) is 60.8 Å². The van der Waals surface area contributed by atoms with Gasteiger partial charge >= 0.3 is 0 Å². The first-order chi connectivity index (χ1) is 17.6. The highest BCUT2D eigenvalue weighted by molar-refractivity contribution is 7.18. The van der Waals surface area contributed by atoms with Crippen LogP contribution in [-0.2, 0) is 19.4 Å². The van der Waals surface area contributed by atoms with E-state index in [1.807, 2.05) is 18.2 Å². The Labute approximate surface area is 215 Å². The Hall–Kier alpha value is -3.33. The van der Waals surface area contributed by atoms with Crippen molar-refractivity contribution in [3.05, 3.63) is 82.6 Å². The number of aromatic nitrogens is 2. The van der Waals surface area contributed by atoms with Gasteiger partial charge in [-0.25, -0.2) is 4.98 Å². The zero-order chi connectivity index (χ0) is 24.9. The first-order valence-corrected chi connectivity index (χ1v) is 13.1.